The van der Waals surface area contributed by atoms with Crippen molar-refractivity contribution >= 4 is 35.2 Å². The quantitative estimate of drug-likeness (QED) is 0.501. The molecule has 0 fully saturated rings. The van der Waals surface area contributed by atoms with E-state index in [9.17, 15) is 9.59 Å². The molecule has 1 unspecified atom stereocenters. The molecule has 0 aliphatic rings. The van der Waals surface area contributed by atoms with Crippen LogP contribution in [0, 0.1) is 0 Å². The zero-order valence-corrected chi connectivity index (χ0v) is 19.3. The lowest BCUT2D eigenvalue weighted by Crippen LogP contribution is -2.50. The fourth-order valence-electron chi connectivity index (χ4n) is 3.18. The summed E-state index contributed by atoms with van der Waals surface area (Å²) in [5, 5.41) is 3.66. The van der Waals surface area contributed by atoms with Gasteiger partial charge in [-0.1, -0.05) is 67.9 Å². The number of carbonyl (C=O) groups excluding carboxylic acids is 2. The van der Waals surface area contributed by atoms with Gasteiger partial charge in [0.1, 0.15) is 6.04 Å². The second-order valence-electron chi connectivity index (χ2n) is 7.16. The minimum Gasteiger partial charge on any atom is -0.354 e. The van der Waals surface area contributed by atoms with Crippen molar-refractivity contribution < 1.29 is 9.59 Å². The number of amides is 2. The molecule has 2 aromatic carbocycles. The lowest BCUT2D eigenvalue weighted by Gasteiger charge is -2.30. The molecular weight excluding hydrogens is 416 g/mol. The van der Waals surface area contributed by atoms with Crippen molar-refractivity contribution in [2.24, 2.45) is 0 Å². The lowest BCUT2D eigenvalue weighted by molar-refractivity contribution is -0.138. The SMILES string of the molecule is CCCNC(=O)C(CC)N(CCc1ccccc1)C(=O)CSCc1ccc(Cl)cc1. The Labute approximate surface area is 189 Å². The highest BCUT2D eigenvalue weighted by atomic mass is 35.5. The predicted octanol–water partition coefficient (Wildman–Crippen LogP) is 4.95. The van der Waals surface area contributed by atoms with Crippen LogP contribution in [0.5, 0.6) is 0 Å². The molecule has 0 saturated heterocycles. The van der Waals surface area contributed by atoms with Gasteiger partial charge in [-0.15, -0.1) is 11.8 Å². The van der Waals surface area contributed by atoms with Gasteiger partial charge in [0.2, 0.25) is 11.8 Å². The summed E-state index contributed by atoms with van der Waals surface area (Å²) in [6, 6.07) is 17.3. The van der Waals surface area contributed by atoms with E-state index < -0.39 is 6.04 Å². The van der Waals surface area contributed by atoms with E-state index in [1.54, 1.807) is 16.7 Å². The number of hydrogen-bond donors (Lipinski definition) is 1. The Hall–Kier alpha value is -1.98. The molecule has 6 heteroatoms. The van der Waals surface area contributed by atoms with Gasteiger partial charge in [0, 0.05) is 23.9 Å². The van der Waals surface area contributed by atoms with Crippen molar-refractivity contribution in [2.75, 3.05) is 18.8 Å². The minimum atomic E-state index is -0.441. The van der Waals surface area contributed by atoms with Crippen molar-refractivity contribution in [2.45, 2.75) is 44.9 Å². The Morgan fingerprint density at radius 3 is 2.37 bits per heavy atom. The fraction of sp³-hybridized carbons (Fsp3) is 0.417. The van der Waals surface area contributed by atoms with Crippen molar-refractivity contribution in [3.8, 4) is 0 Å². The van der Waals surface area contributed by atoms with Crippen LogP contribution in [0.2, 0.25) is 5.02 Å². The van der Waals surface area contributed by atoms with E-state index in [-0.39, 0.29) is 11.8 Å². The topological polar surface area (TPSA) is 49.4 Å². The van der Waals surface area contributed by atoms with Gasteiger partial charge < -0.3 is 10.2 Å². The van der Waals surface area contributed by atoms with Crippen LogP contribution in [0.25, 0.3) is 0 Å². The second kappa shape index (κ2) is 13.3. The second-order valence-corrected chi connectivity index (χ2v) is 8.58. The highest BCUT2D eigenvalue weighted by Gasteiger charge is 2.27. The normalized spacial score (nSPS) is 11.7. The van der Waals surface area contributed by atoms with E-state index in [0.29, 0.717) is 30.3 Å². The zero-order chi connectivity index (χ0) is 21.8. The van der Waals surface area contributed by atoms with Gasteiger partial charge in [0.15, 0.2) is 0 Å². The molecule has 0 heterocycles. The zero-order valence-electron chi connectivity index (χ0n) is 17.8. The summed E-state index contributed by atoms with van der Waals surface area (Å²) >= 11 is 7.50. The third kappa shape index (κ3) is 8.04. The van der Waals surface area contributed by atoms with Gasteiger partial charge in [0.05, 0.1) is 5.75 Å². The van der Waals surface area contributed by atoms with Gasteiger partial charge in [-0.25, -0.2) is 0 Å². The van der Waals surface area contributed by atoms with Crippen molar-refractivity contribution in [3.05, 3.63) is 70.7 Å². The number of hydrogen-bond acceptors (Lipinski definition) is 3. The molecule has 0 spiro atoms. The summed E-state index contributed by atoms with van der Waals surface area (Å²) in [5.41, 5.74) is 2.29. The van der Waals surface area contributed by atoms with Gasteiger partial charge in [0.25, 0.3) is 0 Å². The summed E-state index contributed by atoms with van der Waals surface area (Å²) in [4.78, 5) is 27.5. The molecule has 0 bridgehead atoms. The maximum absolute atomic E-state index is 13.1. The molecule has 0 aliphatic heterocycles. The standard InChI is InChI=1S/C24H31ClN2O2S/c1-3-15-26-24(29)22(4-2)27(16-14-19-8-6-5-7-9-19)23(28)18-30-17-20-10-12-21(25)13-11-20/h5-13,22H,3-4,14-18H2,1-2H3,(H,26,29). The smallest absolute Gasteiger partial charge is 0.242 e. The molecule has 1 N–H and O–H groups in total. The highest BCUT2D eigenvalue weighted by Crippen LogP contribution is 2.17. The molecular formula is C24H31ClN2O2S. The molecule has 1 atom stereocenters. The number of nitrogens with zero attached hydrogens (tertiary/aromatic N) is 1. The predicted molar refractivity (Wildman–Crippen MR) is 127 cm³/mol. The summed E-state index contributed by atoms with van der Waals surface area (Å²) in [5.74, 6) is 1.01. The van der Waals surface area contributed by atoms with Gasteiger partial charge in [-0.05, 0) is 42.5 Å². The van der Waals surface area contributed by atoms with Gasteiger partial charge in [-0.2, -0.15) is 0 Å². The highest BCUT2D eigenvalue weighted by molar-refractivity contribution is 7.99. The van der Waals surface area contributed by atoms with Crippen molar-refractivity contribution in [1.82, 2.24) is 10.2 Å². The van der Waals surface area contributed by atoms with E-state index in [0.717, 1.165) is 29.7 Å². The molecule has 0 aromatic heterocycles. The summed E-state index contributed by atoms with van der Waals surface area (Å²) in [7, 11) is 0. The molecule has 30 heavy (non-hydrogen) atoms. The monoisotopic (exact) mass is 446 g/mol. The fourth-order valence-corrected chi connectivity index (χ4v) is 4.18. The van der Waals surface area contributed by atoms with Crippen LogP contribution in [0.1, 0.15) is 37.8 Å². The first kappa shape index (κ1) is 24.3. The van der Waals surface area contributed by atoms with Crippen LogP contribution >= 0.6 is 23.4 Å². The first-order chi connectivity index (χ1) is 14.5. The molecule has 0 saturated carbocycles. The first-order valence-corrected chi connectivity index (χ1v) is 12.0. The number of carbonyl (C=O) groups is 2. The Kier molecular flexibility index (Phi) is 10.8. The van der Waals surface area contributed by atoms with Crippen molar-refractivity contribution in [1.29, 1.82) is 0 Å². The maximum Gasteiger partial charge on any atom is 0.242 e. The molecule has 0 radical (unpaired) electrons. The number of benzene rings is 2. The molecule has 2 rings (SSSR count). The van der Waals surface area contributed by atoms with Crippen LogP contribution in [-0.2, 0) is 21.8 Å². The Balaban J connectivity index is 2.02. The maximum atomic E-state index is 13.1. The summed E-state index contributed by atoms with van der Waals surface area (Å²) in [6.07, 6.45) is 2.20. The minimum absolute atomic E-state index is 0.00314. The Morgan fingerprint density at radius 2 is 1.73 bits per heavy atom. The largest absolute Gasteiger partial charge is 0.354 e. The van der Waals surface area contributed by atoms with E-state index in [4.69, 9.17) is 11.6 Å². The van der Waals surface area contributed by atoms with E-state index in [1.807, 2.05) is 56.3 Å². The summed E-state index contributed by atoms with van der Waals surface area (Å²) < 4.78 is 0. The van der Waals surface area contributed by atoms with Crippen LogP contribution in [0.3, 0.4) is 0 Å². The average Bonchev–Trinajstić information content (AvgIpc) is 2.77. The Bertz CT molecular complexity index is 784. The molecule has 0 aliphatic carbocycles. The Morgan fingerprint density at radius 1 is 1.03 bits per heavy atom. The van der Waals surface area contributed by atoms with E-state index in [1.165, 1.54) is 0 Å². The number of thioether (sulfide) groups is 1. The molecule has 162 valence electrons. The van der Waals surface area contributed by atoms with Gasteiger partial charge >= 0.3 is 0 Å². The molecule has 4 nitrogen and oxygen atoms in total. The lowest BCUT2D eigenvalue weighted by atomic mass is 10.1. The third-order valence-electron chi connectivity index (χ3n) is 4.83. The van der Waals surface area contributed by atoms with Crippen molar-refractivity contribution in [3.63, 3.8) is 0 Å². The number of nitrogens with one attached hydrogen (secondary N) is 1. The number of rotatable bonds is 12. The van der Waals surface area contributed by atoms with Crippen LogP contribution in [0.15, 0.2) is 54.6 Å². The van der Waals surface area contributed by atoms with Crippen LogP contribution in [-0.4, -0.2) is 41.6 Å². The van der Waals surface area contributed by atoms with E-state index >= 15 is 0 Å². The van der Waals surface area contributed by atoms with Crippen LogP contribution in [0.4, 0.5) is 0 Å². The number of halogens is 1. The molecule has 2 amide bonds. The van der Waals surface area contributed by atoms with Crippen LogP contribution < -0.4 is 5.32 Å². The van der Waals surface area contributed by atoms with E-state index in [2.05, 4.69) is 17.4 Å². The summed E-state index contributed by atoms with van der Waals surface area (Å²) in [6.45, 7) is 5.14. The molecule has 2 aromatic rings. The van der Waals surface area contributed by atoms with Gasteiger partial charge in [-0.3, -0.25) is 9.59 Å². The first-order valence-electron chi connectivity index (χ1n) is 10.5. The average molecular weight is 447 g/mol. The third-order valence-corrected chi connectivity index (χ3v) is 6.07.